The van der Waals surface area contributed by atoms with Crippen molar-refractivity contribution in [2.45, 2.75) is 438 Å². The van der Waals surface area contributed by atoms with Crippen LogP contribution in [0.3, 0.4) is 0 Å². The Labute approximate surface area is 493 Å². The van der Waals surface area contributed by atoms with Crippen molar-refractivity contribution in [1.82, 2.24) is 5.06 Å². The van der Waals surface area contributed by atoms with Gasteiger partial charge in [0.2, 0.25) is 0 Å². The zero-order valence-electron chi connectivity index (χ0n) is 54.8. The Bertz CT molecular complexity index is 1090. The van der Waals surface area contributed by atoms with Crippen molar-refractivity contribution in [2.24, 2.45) is 0 Å². The normalized spacial score (nSPS) is 12.5. The van der Waals surface area contributed by atoms with Crippen molar-refractivity contribution >= 4 is 7.60 Å². The molecular weight excluding hydrogens is 974 g/mol. The van der Waals surface area contributed by atoms with E-state index >= 15 is 4.57 Å². The van der Waals surface area contributed by atoms with Crippen LogP contribution in [0.1, 0.15) is 433 Å². The smallest absolute Gasteiger partial charge is 0.307 e. The molecule has 0 spiro atoms. The molecule has 0 N–H and O–H groups in total. The molecule has 470 valence electrons. The van der Waals surface area contributed by atoms with Gasteiger partial charge < -0.3 is 9.05 Å². The largest absolute Gasteiger partial charge is 0.350 e. The molecule has 0 bridgehead atoms. The number of hydrogen-bond donors (Lipinski definition) is 0. The molecule has 0 aromatic rings. The van der Waals surface area contributed by atoms with E-state index in [9.17, 15) is 0 Å². The molecule has 0 aliphatic rings. The first kappa shape index (κ1) is 78.1. The molecule has 0 aliphatic heterocycles. The fraction of sp³-hybridized carbons (Fsp3) is 1.00. The lowest BCUT2D eigenvalue weighted by Crippen LogP contribution is -2.38. The summed E-state index contributed by atoms with van der Waals surface area (Å²) in [6, 6.07) is 0. The summed E-state index contributed by atoms with van der Waals surface area (Å²) < 4.78 is 29.3. The van der Waals surface area contributed by atoms with Crippen molar-refractivity contribution in [1.29, 1.82) is 0 Å². The third-order valence-electron chi connectivity index (χ3n) is 17.3. The minimum absolute atomic E-state index is 0.329. The molecule has 6 heteroatoms. The Hall–Kier alpha value is 0.0700. The maximum absolute atomic E-state index is 15.8. The second-order valence-electron chi connectivity index (χ2n) is 25.2. The third-order valence-corrected chi connectivity index (χ3v) is 19.6. The van der Waals surface area contributed by atoms with Gasteiger partial charge >= 0.3 is 7.60 Å². The van der Waals surface area contributed by atoms with E-state index in [-0.39, 0.29) is 5.78 Å². The van der Waals surface area contributed by atoms with E-state index in [2.05, 4.69) is 39.7 Å². The molecule has 0 rings (SSSR count). The molecule has 1 unspecified atom stereocenters. The molecule has 0 heterocycles. The van der Waals surface area contributed by atoms with Crippen LogP contribution in [0.15, 0.2) is 0 Å². The first-order chi connectivity index (χ1) is 38.6. The van der Waals surface area contributed by atoms with Crippen molar-refractivity contribution in [2.75, 3.05) is 26.4 Å². The zero-order chi connectivity index (χ0) is 56.4. The molecule has 78 heavy (non-hydrogen) atoms. The first-order valence-corrected chi connectivity index (χ1v) is 38.5. The van der Waals surface area contributed by atoms with E-state index in [0.717, 1.165) is 57.9 Å². The highest BCUT2D eigenvalue weighted by Gasteiger charge is 2.40. The van der Waals surface area contributed by atoms with Gasteiger partial charge in [-0.1, -0.05) is 401 Å². The minimum Gasteiger partial charge on any atom is -0.307 e. The quantitative estimate of drug-likeness (QED) is 0.0345. The predicted octanol–water partition coefficient (Wildman–Crippen LogP) is 27.1. The summed E-state index contributed by atoms with van der Waals surface area (Å²) in [7, 11) is -3.50. The summed E-state index contributed by atoms with van der Waals surface area (Å²) in [5, 5.41) is 2.21. The van der Waals surface area contributed by atoms with Crippen molar-refractivity contribution < 1.29 is 18.5 Å². The minimum atomic E-state index is -3.50. The average molecular weight is 1120 g/mol. The van der Waals surface area contributed by atoms with E-state index in [4.69, 9.17) is 13.9 Å². The van der Waals surface area contributed by atoms with Crippen LogP contribution in [0.25, 0.3) is 0 Å². The number of hydrogen-bond acceptors (Lipinski definition) is 5. The van der Waals surface area contributed by atoms with E-state index in [1.165, 1.54) is 347 Å². The third kappa shape index (κ3) is 57.9. The second-order valence-corrected chi connectivity index (χ2v) is 27.4. The van der Waals surface area contributed by atoms with Crippen LogP contribution in [0.4, 0.5) is 0 Å². The predicted molar refractivity (Wildman–Crippen MR) is 351 cm³/mol. The Kier molecular flexibility index (Phi) is 67.9. The van der Waals surface area contributed by atoms with Crippen molar-refractivity contribution in [3.63, 3.8) is 0 Å². The topological polar surface area (TPSA) is 48.0 Å². The maximum Gasteiger partial charge on any atom is 0.350 e. The lowest BCUT2D eigenvalue weighted by atomic mass is 10.0. The molecular formula is C72H148NO4P. The molecule has 0 amide bonds. The zero-order valence-corrected chi connectivity index (χ0v) is 55.7. The van der Waals surface area contributed by atoms with Gasteiger partial charge in [0.05, 0.1) is 19.8 Å². The van der Waals surface area contributed by atoms with Gasteiger partial charge in [-0.05, 0) is 32.1 Å². The maximum atomic E-state index is 15.8. The summed E-state index contributed by atoms with van der Waals surface area (Å²) in [6.45, 7) is 14.2. The Morgan fingerprint density at radius 2 is 0.436 bits per heavy atom. The van der Waals surface area contributed by atoms with Gasteiger partial charge in [0.1, 0.15) is 5.78 Å². The highest BCUT2D eigenvalue weighted by molar-refractivity contribution is 7.54. The van der Waals surface area contributed by atoms with E-state index in [1.54, 1.807) is 0 Å². The fourth-order valence-corrected chi connectivity index (χ4v) is 14.0. The molecule has 0 fully saturated rings. The van der Waals surface area contributed by atoms with Crippen molar-refractivity contribution in [3.8, 4) is 0 Å². The summed E-state index contributed by atoms with van der Waals surface area (Å²) in [4.78, 5) is 6.94. The summed E-state index contributed by atoms with van der Waals surface area (Å²) in [5.41, 5.74) is 0. The van der Waals surface area contributed by atoms with Gasteiger partial charge in [-0.2, -0.15) is 5.06 Å². The summed E-state index contributed by atoms with van der Waals surface area (Å²) in [6.07, 6.45) is 81.9. The summed E-state index contributed by atoms with van der Waals surface area (Å²) >= 11 is 0. The molecule has 0 saturated carbocycles. The Balaban J connectivity index is 5.87. The molecule has 0 aromatic heterocycles. The van der Waals surface area contributed by atoms with E-state index < -0.39 is 7.60 Å². The number of rotatable bonds is 71. The lowest BCUT2D eigenvalue weighted by Gasteiger charge is -2.35. The standard InChI is InChI=1S/C72H148NO4P/c1-6-11-16-21-26-31-36-38-40-42-44-46-48-53-58-63-68-73(75-69-64-59-54-49-33-28-23-18-13-8-3)72(67-62-57-52-47-45-43-41-39-37-32-27-22-17-12-7-2)78(74,76-70-65-60-55-50-34-29-24-19-14-9-4)77-71-66-61-56-51-35-30-25-20-15-10-5/h72H,6-71H2,1-5H3. The van der Waals surface area contributed by atoms with Gasteiger partial charge in [-0.3, -0.25) is 9.40 Å². The van der Waals surface area contributed by atoms with Crippen molar-refractivity contribution in [3.05, 3.63) is 0 Å². The van der Waals surface area contributed by atoms with Crippen LogP contribution in [0.5, 0.6) is 0 Å². The SMILES string of the molecule is CCCCCCCCCCCCCCCCCCN(OCCCCCCCCCCCC)C(CCCCCCCCCCCCCCCCC)P(=O)(OCCCCCCCCCCCC)OCCCCCCCCCCCC. The van der Waals surface area contributed by atoms with Gasteiger partial charge in [-0.15, -0.1) is 0 Å². The fourth-order valence-electron chi connectivity index (χ4n) is 11.8. The van der Waals surface area contributed by atoms with Crippen LogP contribution in [-0.2, 0) is 18.5 Å². The van der Waals surface area contributed by atoms with Gasteiger partial charge in [0.15, 0.2) is 0 Å². The van der Waals surface area contributed by atoms with Crippen LogP contribution >= 0.6 is 7.60 Å². The average Bonchev–Trinajstić information content (AvgIpc) is 3.46. The van der Waals surface area contributed by atoms with E-state index in [1.807, 2.05) is 0 Å². The van der Waals surface area contributed by atoms with E-state index in [0.29, 0.717) is 19.8 Å². The molecule has 0 radical (unpaired) electrons. The second kappa shape index (κ2) is 67.9. The Morgan fingerprint density at radius 3 is 0.679 bits per heavy atom. The summed E-state index contributed by atoms with van der Waals surface area (Å²) in [5.74, 6) is -0.329. The number of unbranched alkanes of at least 4 members (excludes halogenated alkanes) is 56. The molecule has 1 atom stereocenters. The van der Waals surface area contributed by atoms with Gasteiger partial charge in [-0.25, -0.2) is 0 Å². The molecule has 0 aliphatic carbocycles. The van der Waals surface area contributed by atoms with Crippen LogP contribution in [0.2, 0.25) is 0 Å². The number of nitrogens with zero attached hydrogens (tertiary/aromatic N) is 1. The first-order valence-electron chi connectivity index (χ1n) is 36.9. The number of hydroxylamine groups is 2. The Morgan fingerprint density at radius 1 is 0.244 bits per heavy atom. The highest BCUT2D eigenvalue weighted by Crippen LogP contribution is 2.56. The van der Waals surface area contributed by atoms with Gasteiger partial charge in [0, 0.05) is 6.54 Å². The molecule has 0 aromatic carbocycles. The lowest BCUT2D eigenvalue weighted by molar-refractivity contribution is -0.176. The van der Waals surface area contributed by atoms with Gasteiger partial charge in [0.25, 0.3) is 0 Å². The van der Waals surface area contributed by atoms with Crippen LogP contribution in [-0.4, -0.2) is 37.2 Å². The monoisotopic (exact) mass is 1120 g/mol. The van der Waals surface area contributed by atoms with Crippen LogP contribution < -0.4 is 0 Å². The van der Waals surface area contributed by atoms with Crippen LogP contribution in [0, 0.1) is 0 Å². The highest BCUT2D eigenvalue weighted by atomic mass is 31.2. The molecule has 0 saturated heterocycles. The molecule has 5 nitrogen and oxygen atoms in total.